The normalized spacial score (nSPS) is 13.7. The molecule has 1 atom stereocenters. The second kappa shape index (κ2) is 6.01. The van der Waals surface area contributed by atoms with E-state index in [2.05, 4.69) is 11.8 Å². The Balaban J connectivity index is 3.18. The van der Waals surface area contributed by atoms with E-state index >= 15 is 0 Å². The molecule has 2 N–H and O–H groups in total. The van der Waals surface area contributed by atoms with Gasteiger partial charge in [-0.3, -0.25) is 0 Å². The van der Waals surface area contributed by atoms with Crippen LogP contribution in [0.3, 0.4) is 0 Å². The van der Waals surface area contributed by atoms with Gasteiger partial charge in [0.15, 0.2) is 0 Å². The highest BCUT2D eigenvalue weighted by Crippen LogP contribution is 2.01. The van der Waals surface area contributed by atoms with Crippen molar-refractivity contribution in [2.45, 2.75) is 13.3 Å². The van der Waals surface area contributed by atoms with Gasteiger partial charge in [-0.1, -0.05) is 6.92 Å². The third kappa shape index (κ3) is 4.39. The van der Waals surface area contributed by atoms with Gasteiger partial charge in [-0.2, -0.15) is 0 Å². The first kappa shape index (κ1) is 8.88. The first-order valence-electron chi connectivity index (χ1n) is 3.15. The molecule has 0 heterocycles. The fraction of sp³-hybridized carbons (Fsp3) is 1.00. The lowest BCUT2D eigenvalue weighted by Crippen LogP contribution is -2.16. The van der Waals surface area contributed by atoms with Crippen molar-refractivity contribution >= 4 is 0 Å². The molecule has 0 bridgehead atoms. The number of rotatable bonds is 5. The molecule has 0 amide bonds. The van der Waals surface area contributed by atoms with Crippen molar-refractivity contribution in [1.82, 2.24) is 0 Å². The average Bonchev–Trinajstić information content (AvgIpc) is 1.88. The van der Waals surface area contributed by atoms with Crippen LogP contribution in [-0.4, -0.2) is 20.3 Å². The summed E-state index contributed by atoms with van der Waals surface area (Å²) in [7, 11) is 1.68. The van der Waals surface area contributed by atoms with E-state index in [1.165, 1.54) is 0 Å². The van der Waals surface area contributed by atoms with E-state index < -0.39 is 0 Å². The first-order chi connectivity index (χ1) is 4.35. The monoisotopic (exact) mass is 133 g/mol. The zero-order valence-corrected chi connectivity index (χ0v) is 6.09. The van der Waals surface area contributed by atoms with E-state index in [9.17, 15) is 0 Å². The molecule has 0 saturated heterocycles. The Labute approximate surface area is 56.1 Å². The lowest BCUT2D eigenvalue weighted by molar-refractivity contribution is 0.0562. The molecule has 3 nitrogen and oxygen atoms in total. The quantitative estimate of drug-likeness (QED) is 0.557. The summed E-state index contributed by atoms with van der Waals surface area (Å²) in [5, 5.41) is 0. The Morgan fingerprint density at radius 2 is 2.11 bits per heavy atom. The van der Waals surface area contributed by atoms with Crippen LogP contribution in [0.1, 0.15) is 13.3 Å². The minimum Gasteiger partial charge on any atom is -0.384 e. The van der Waals surface area contributed by atoms with E-state index in [1.54, 1.807) is 7.11 Å². The zero-order chi connectivity index (χ0) is 7.11. The summed E-state index contributed by atoms with van der Waals surface area (Å²) in [5.74, 6) is 5.32. The molecule has 0 aromatic rings. The Hall–Kier alpha value is -0.120. The van der Waals surface area contributed by atoms with Crippen LogP contribution < -0.4 is 5.90 Å². The van der Waals surface area contributed by atoms with Crippen LogP contribution >= 0.6 is 0 Å². The molecule has 0 rings (SSSR count). The van der Waals surface area contributed by atoms with Gasteiger partial charge < -0.3 is 9.57 Å². The molecule has 0 fully saturated rings. The van der Waals surface area contributed by atoms with Crippen LogP contribution in [0.2, 0.25) is 0 Å². The van der Waals surface area contributed by atoms with Crippen LogP contribution in [0.4, 0.5) is 0 Å². The zero-order valence-electron chi connectivity index (χ0n) is 6.09. The van der Waals surface area contributed by atoms with Gasteiger partial charge in [-0.15, -0.1) is 0 Å². The van der Waals surface area contributed by atoms with E-state index in [0.29, 0.717) is 12.5 Å². The van der Waals surface area contributed by atoms with Crippen LogP contribution in [0.5, 0.6) is 0 Å². The second-order valence-corrected chi connectivity index (χ2v) is 2.06. The standard InChI is InChI=1S/C6H15NO2/c1-3-6(4-8-2)5-9-7/h6H,3-5,7H2,1-2H3. The molecule has 0 aromatic heterocycles. The molecule has 0 radical (unpaired) electrons. The van der Waals surface area contributed by atoms with Crippen molar-refractivity contribution in [2.75, 3.05) is 20.3 Å². The predicted molar refractivity (Wildman–Crippen MR) is 35.8 cm³/mol. The van der Waals surface area contributed by atoms with E-state index in [0.717, 1.165) is 13.0 Å². The molecule has 1 unspecified atom stereocenters. The molecule has 3 heteroatoms. The third-order valence-electron chi connectivity index (χ3n) is 1.31. The molecule has 0 aliphatic rings. The summed E-state index contributed by atoms with van der Waals surface area (Å²) >= 11 is 0. The maximum atomic E-state index is 4.91. The van der Waals surface area contributed by atoms with Gasteiger partial charge in [0, 0.05) is 13.0 Å². The molecular weight excluding hydrogens is 118 g/mol. The van der Waals surface area contributed by atoms with Gasteiger partial charge in [0.1, 0.15) is 0 Å². The van der Waals surface area contributed by atoms with Crippen molar-refractivity contribution < 1.29 is 9.57 Å². The lowest BCUT2D eigenvalue weighted by atomic mass is 10.1. The highest BCUT2D eigenvalue weighted by atomic mass is 16.6. The number of hydrogen-bond donors (Lipinski definition) is 1. The molecule has 0 aliphatic heterocycles. The molecule has 9 heavy (non-hydrogen) atoms. The van der Waals surface area contributed by atoms with Gasteiger partial charge in [-0.05, 0) is 6.42 Å². The van der Waals surface area contributed by atoms with E-state index in [1.807, 2.05) is 0 Å². The van der Waals surface area contributed by atoms with Gasteiger partial charge >= 0.3 is 0 Å². The van der Waals surface area contributed by atoms with Crippen LogP contribution in [0, 0.1) is 5.92 Å². The maximum absolute atomic E-state index is 4.91. The summed E-state index contributed by atoms with van der Waals surface area (Å²) in [6.07, 6.45) is 1.05. The second-order valence-electron chi connectivity index (χ2n) is 2.06. The SMILES string of the molecule is CCC(COC)CON. The summed E-state index contributed by atoms with van der Waals surface area (Å²) < 4.78 is 4.91. The summed E-state index contributed by atoms with van der Waals surface area (Å²) in [5.41, 5.74) is 0. The van der Waals surface area contributed by atoms with E-state index in [4.69, 9.17) is 10.6 Å². The highest BCUT2D eigenvalue weighted by molar-refractivity contribution is 4.51. The summed E-state index contributed by atoms with van der Waals surface area (Å²) in [6, 6.07) is 0. The topological polar surface area (TPSA) is 44.5 Å². The fourth-order valence-corrected chi connectivity index (χ4v) is 0.656. The Kier molecular flexibility index (Phi) is 5.93. The summed E-state index contributed by atoms with van der Waals surface area (Å²) in [6.45, 7) is 3.40. The molecule has 0 saturated carbocycles. The van der Waals surface area contributed by atoms with Gasteiger partial charge in [-0.25, -0.2) is 5.90 Å². The Morgan fingerprint density at radius 1 is 1.44 bits per heavy atom. The highest BCUT2D eigenvalue weighted by Gasteiger charge is 2.03. The molecule has 56 valence electrons. The van der Waals surface area contributed by atoms with Crippen LogP contribution in [0.25, 0.3) is 0 Å². The Morgan fingerprint density at radius 3 is 2.44 bits per heavy atom. The minimum atomic E-state index is 0.444. The van der Waals surface area contributed by atoms with Crippen molar-refractivity contribution in [3.05, 3.63) is 0 Å². The fourth-order valence-electron chi connectivity index (χ4n) is 0.656. The molecule has 0 aliphatic carbocycles. The summed E-state index contributed by atoms with van der Waals surface area (Å²) in [4.78, 5) is 4.47. The van der Waals surface area contributed by atoms with Crippen molar-refractivity contribution in [1.29, 1.82) is 0 Å². The van der Waals surface area contributed by atoms with E-state index in [-0.39, 0.29) is 0 Å². The van der Waals surface area contributed by atoms with Crippen molar-refractivity contribution in [3.63, 3.8) is 0 Å². The van der Waals surface area contributed by atoms with Crippen molar-refractivity contribution in [3.8, 4) is 0 Å². The molecule has 0 spiro atoms. The van der Waals surface area contributed by atoms with Crippen molar-refractivity contribution in [2.24, 2.45) is 11.8 Å². The maximum Gasteiger partial charge on any atom is 0.0729 e. The number of ether oxygens (including phenoxy) is 1. The smallest absolute Gasteiger partial charge is 0.0729 e. The van der Waals surface area contributed by atoms with Crippen LogP contribution in [0.15, 0.2) is 0 Å². The minimum absolute atomic E-state index is 0.444. The van der Waals surface area contributed by atoms with Gasteiger partial charge in [0.25, 0.3) is 0 Å². The average molecular weight is 133 g/mol. The van der Waals surface area contributed by atoms with Gasteiger partial charge in [0.2, 0.25) is 0 Å². The largest absolute Gasteiger partial charge is 0.384 e. The molecule has 0 aromatic carbocycles. The van der Waals surface area contributed by atoms with Gasteiger partial charge in [0.05, 0.1) is 13.2 Å². The van der Waals surface area contributed by atoms with Crippen LogP contribution in [-0.2, 0) is 9.57 Å². The third-order valence-corrected chi connectivity index (χ3v) is 1.31. The predicted octanol–water partition coefficient (Wildman–Crippen LogP) is 0.549. The molecular formula is C6H15NO2. The lowest BCUT2D eigenvalue weighted by Gasteiger charge is -2.10. The number of methoxy groups -OCH3 is 1. The Bertz CT molecular complexity index is 53.0. The number of hydrogen-bond acceptors (Lipinski definition) is 3. The first-order valence-corrected chi connectivity index (χ1v) is 3.15. The number of nitrogens with two attached hydrogens (primary N) is 1.